The van der Waals surface area contributed by atoms with E-state index in [0.717, 1.165) is 5.39 Å². The predicted octanol–water partition coefficient (Wildman–Crippen LogP) is 0.602. The minimum atomic E-state index is -0.0753. The van der Waals surface area contributed by atoms with E-state index in [4.69, 9.17) is 5.11 Å². The molecular formula is C10H12O4. The molecule has 0 fully saturated rings. The second-order valence-electron chi connectivity index (χ2n) is 2.65. The SMILES string of the molecule is O.O.Oc1ccc2ccccc2c1O. The highest BCUT2D eigenvalue weighted by molar-refractivity contribution is 5.90. The van der Waals surface area contributed by atoms with Crippen LogP contribution in [-0.4, -0.2) is 21.2 Å². The Labute approximate surface area is 80.7 Å². The standard InChI is InChI=1S/C10H8O2.2H2O/c11-9-6-5-7-3-1-2-4-8(7)10(9)12;;/h1-6,11-12H;2*1H2. The Morgan fingerprint density at radius 1 is 0.786 bits per heavy atom. The van der Waals surface area contributed by atoms with Gasteiger partial charge in [-0.15, -0.1) is 0 Å². The van der Waals surface area contributed by atoms with Gasteiger partial charge in [-0.05, 0) is 11.5 Å². The zero-order chi connectivity index (χ0) is 8.55. The van der Waals surface area contributed by atoms with Crippen LogP contribution in [0.1, 0.15) is 0 Å². The summed E-state index contributed by atoms with van der Waals surface area (Å²) in [7, 11) is 0. The molecular weight excluding hydrogens is 184 g/mol. The molecule has 76 valence electrons. The molecule has 14 heavy (non-hydrogen) atoms. The van der Waals surface area contributed by atoms with E-state index in [9.17, 15) is 5.11 Å². The van der Waals surface area contributed by atoms with Gasteiger partial charge in [-0.25, -0.2) is 0 Å². The molecule has 2 rings (SSSR count). The highest BCUT2D eigenvalue weighted by Crippen LogP contribution is 2.32. The summed E-state index contributed by atoms with van der Waals surface area (Å²) in [5.74, 6) is -0.123. The van der Waals surface area contributed by atoms with Crippen molar-refractivity contribution in [2.75, 3.05) is 0 Å². The van der Waals surface area contributed by atoms with E-state index in [-0.39, 0.29) is 22.5 Å². The number of hydrogen-bond donors (Lipinski definition) is 2. The van der Waals surface area contributed by atoms with Gasteiger partial charge in [0.15, 0.2) is 11.5 Å². The third kappa shape index (κ3) is 1.76. The fourth-order valence-corrected chi connectivity index (χ4v) is 1.24. The van der Waals surface area contributed by atoms with Crippen LogP contribution in [0.4, 0.5) is 0 Å². The maximum atomic E-state index is 9.41. The van der Waals surface area contributed by atoms with Gasteiger partial charge in [0.05, 0.1) is 0 Å². The van der Waals surface area contributed by atoms with Crippen molar-refractivity contribution < 1.29 is 21.2 Å². The van der Waals surface area contributed by atoms with Gasteiger partial charge in [0.2, 0.25) is 0 Å². The molecule has 0 aromatic heterocycles. The smallest absolute Gasteiger partial charge is 0.165 e. The predicted molar refractivity (Wildman–Crippen MR) is 54.5 cm³/mol. The molecule has 0 radical (unpaired) electrons. The normalized spacial score (nSPS) is 8.86. The van der Waals surface area contributed by atoms with Crippen molar-refractivity contribution in [2.45, 2.75) is 0 Å². The maximum Gasteiger partial charge on any atom is 0.165 e. The second-order valence-corrected chi connectivity index (χ2v) is 2.65. The first-order valence-electron chi connectivity index (χ1n) is 3.69. The molecule has 0 bridgehead atoms. The molecule has 0 atom stereocenters. The Bertz CT molecular complexity index is 425. The molecule has 4 heteroatoms. The van der Waals surface area contributed by atoms with Crippen molar-refractivity contribution in [3.63, 3.8) is 0 Å². The molecule has 0 heterocycles. The van der Waals surface area contributed by atoms with Crippen LogP contribution in [0, 0.1) is 0 Å². The lowest BCUT2D eigenvalue weighted by atomic mass is 10.1. The van der Waals surface area contributed by atoms with Gasteiger partial charge in [-0.2, -0.15) is 0 Å². The largest absolute Gasteiger partial charge is 0.504 e. The summed E-state index contributed by atoms with van der Waals surface area (Å²) < 4.78 is 0. The molecule has 4 nitrogen and oxygen atoms in total. The molecule has 0 unspecified atom stereocenters. The summed E-state index contributed by atoms with van der Waals surface area (Å²) in [5, 5.41) is 20.2. The maximum absolute atomic E-state index is 9.41. The molecule has 0 amide bonds. The molecule has 0 spiro atoms. The Hall–Kier alpha value is -1.78. The van der Waals surface area contributed by atoms with Gasteiger partial charge in [0.1, 0.15) is 0 Å². The van der Waals surface area contributed by atoms with E-state index in [2.05, 4.69) is 0 Å². The van der Waals surface area contributed by atoms with E-state index in [1.807, 2.05) is 18.2 Å². The van der Waals surface area contributed by atoms with Gasteiger partial charge in [0.25, 0.3) is 0 Å². The van der Waals surface area contributed by atoms with Crippen LogP contribution in [0.25, 0.3) is 10.8 Å². The molecule has 2 aromatic rings. The lowest BCUT2D eigenvalue weighted by Crippen LogP contribution is -1.73. The molecule has 0 saturated carbocycles. The summed E-state index contributed by atoms with van der Waals surface area (Å²) >= 11 is 0. The summed E-state index contributed by atoms with van der Waals surface area (Å²) in [6.45, 7) is 0. The number of rotatable bonds is 0. The van der Waals surface area contributed by atoms with Gasteiger partial charge in [-0.1, -0.05) is 30.3 Å². The van der Waals surface area contributed by atoms with Crippen LogP contribution in [0.5, 0.6) is 11.5 Å². The topological polar surface area (TPSA) is 103 Å². The molecule has 0 saturated heterocycles. The van der Waals surface area contributed by atoms with Crippen molar-refractivity contribution in [1.82, 2.24) is 0 Å². The summed E-state index contributed by atoms with van der Waals surface area (Å²) in [6, 6.07) is 10.6. The van der Waals surface area contributed by atoms with Crippen molar-refractivity contribution in [2.24, 2.45) is 0 Å². The fourth-order valence-electron chi connectivity index (χ4n) is 1.24. The van der Waals surface area contributed by atoms with Gasteiger partial charge >= 0.3 is 0 Å². The minimum absolute atomic E-state index is 0. The highest BCUT2D eigenvalue weighted by Gasteiger charge is 2.02. The third-order valence-electron chi connectivity index (χ3n) is 1.88. The number of hydrogen-bond acceptors (Lipinski definition) is 2. The monoisotopic (exact) mass is 196 g/mol. The third-order valence-corrected chi connectivity index (χ3v) is 1.88. The summed E-state index contributed by atoms with van der Waals surface area (Å²) in [6.07, 6.45) is 0. The Balaban J connectivity index is 0.000000845. The van der Waals surface area contributed by atoms with Crippen LogP contribution in [0.15, 0.2) is 36.4 Å². The van der Waals surface area contributed by atoms with Crippen LogP contribution < -0.4 is 0 Å². The fraction of sp³-hybridized carbons (Fsp3) is 0. The van der Waals surface area contributed by atoms with Gasteiger partial charge < -0.3 is 21.2 Å². The van der Waals surface area contributed by atoms with Crippen molar-refractivity contribution in [1.29, 1.82) is 0 Å². The Kier molecular flexibility index (Phi) is 3.89. The summed E-state index contributed by atoms with van der Waals surface area (Å²) in [5.41, 5.74) is 0. The number of benzene rings is 2. The van der Waals surface area contributed by atoms with Gasteiger partial charge in [0, 0.05) is 5.39 Å². The van der Waals surface area contributed by atoms with E-state index >= 15 is 0 Å². The number of fused-ring (bicyclic) bond motifs is 1. The van der Waals surface area contributed by atoms with E-state index in [1.165, 1.54) is 6.07 Å². The quantitative estimate of drug-likeness (QED) is 0.602. The number of aromatic hydroxyl groups is 2. The van der Waals surface area contributed by atoms with Crippen LogP contribution in [0.3, 0.4) is 0 Å². The van der Waals surface area contributed by atoms with Crippen LogP contribution >= 0.6 is 0 Å². The lowest BCUT2D eigenvalue weighted by molar-refractivity contribution is 0.408. The molecule has 0 aliphatic carbocycles. The zero-order valence-corrected chi connectivity index (χ0v) is 7.36. The molecule has 2 aromatic carbocycles. The number of phenols is 2. The van der Waals surface area contributed by atoms with E-state index in [1.54, 1.807) is 12.1 Å². The molecule has 6 N–H and O–H groups in total. The van der Waals surface area contributed by atoms with E-state index in [0.29, 0.717) is 5.39 Å². The second kappa shape index (κ2) is 4.45. The first-order valence-corrected chi connectivity index (χ1v) is 3.69. The van der Waals surface area contributed by atoms with Crippen molar-refractivity contribution in [3.05, 3.63) is 36.4 Å². The van der Waals surface area contributed by atoms with Gasteiger partial charge in [-0.3, -0.25) is 0 Å². The van der Waals surface area contributed by atoms with E-state index < -0.39 is 0 Å². The first-order chi connectivity index (χ1) is 5.79. The Morgan fingerprint density at radius 3 is 2.14 bits per heavy atom. The summed E-state index contributed by atoms with van der Waals surface area (Å²) in [4.78, 5) is 0. The van der Waals surface area contributed by atoms with Crippen LogP contribution in [0.2, 0.25) is 0 Å². The number of phenolic OH excluding ortho intramolecular Hbond substituents is 2. The zero-order valence-electron chi connectivity index (χ0n) is 7.36. The average Bonchev–Trinajstić information content (AvgIpc) is 2.12. The molecule has 0 aliphatic heterocycles. The van der Waals surface area contributed by atoms with Crippen molar-refractivity contribution >= 4 is 10.8 Å². The first kappa shape index (κ1) is 12.2. The van der Waals surface area contributed by atoms with Crippen LogP contribution in [-0.2, 0) is 0 Å². The Morgan fingerprint density at radius 2 is 1.43 bits per heavy atom. The minimum Gasteiger partial charge on any atom is -0.504 e. The average molecular weight is 196 g/mol. The van der Waals surface area contributed by atoms with Crippen molar-refractivity contribution in [3.8, 4) is 11.5 Å². The molecule has 0 aliphatic rings. The lowest BCUT2D eigenvalue weighted by Gasteiger charge is -2.01. The highest BCUT2D eigenvalue weighted by atomic mass is 16.3.